The van der Waals surface area contributed by atoms with Gasteiger partial charge in [-0.05, 0) is 22.3 Å². The van der Waals surface area contributed by atoms with Gasteiger partial charge in [0.2, 0.25) is 11.4 Å². The van der Waals surface area contributed by atoms with Crippen molar-refractivity contribution in [2.24, 2.45) is 14.1 Å². The van der Waals surface area contributed by atoms with Crippen LogP contribution in [0.2, 0.25) is 0 Å². The number of pyridine rings is 4. The number of benzene rings is 1. The van der Waals surface area contributed by atoms with Gasteiger partial charge in [0.15, 0.2) is 47.6 Å². The van der Waals surface area contributed by atoms with Crippen LogP contribution in [0.15, 0.2) is 97.6 Å². The molecule has 0 saturated carbocycles. The summed E-state index contributed by atoms with van der Waals surface area (Å²) in [5, 5.41) is 0. The molecule has 0 atom stereocenters. The minimum atomic E-state index is 1.17. The highest BCUT2D eigenvalue weighted by atomic mass is 15.0. The van der Waals surface area contributed by atoms with Crippen molar-refractivity contribution in [2.75, 3.05) is 0 Å². The van der Waals surface area contributed by atoms with Crippen molar-refractivity contribution in [2.45, 2.75) is 27.7 Å². The third kappa shape index (κ3) is 4.55. The maximum Gasteiger partial charge on any atom is 0.211 e. The number of hydrogen-bond donors (Lipinski definition) is 0. The summed E-state index contributed by atoms with van der Waals surface area (Å²) >= 11 is 0. The van der Waals surface area contributed by atoms with Gasteiger partial charge in [-0.2, -0.15) is 9.13 Å². The minimum absolute atomic E-state index is 1.17. The van der Waals surface area contributed by atoms with E-state index in [4.69, 9.17) is 0 Å². The first-order chi connectivity index (χ1) is 17.3. The Bertz CT molecular complexity index is 1380. The van der Waals surface area contributed by atoms with Crippen molar-refractivity contribution >= 4 is 0 Å². The Hall–Kier alpha value is -4.18. The molecule has 36 heavy (non-hydrogen) atoms. The number of hydrogen-bond acceptors (Lipinski definition) is 0. The summed E-state index contributed by atoms with van der Waals surface area (Å²) in [4.78, 5) is 0. The first kappa shape index (κ1) is 23.6. The fourth-order valence-corrected chi connectivity index (χ4v) is 5.08. The van der Waals surface area contributed by atoms with Crippen molar-refractivity contribution in [3.05, 3.63) is 120 Å². The number of rotatable bonds is 4. The third-order valence-electron chi connectivity index (χ3n) is 6.86. The van der Waals surface area contributed by atoms with E-state index in [1.807, 2.05) is 14.1 Å². The number of aromatic nitrogens is 4. The summed E-state index contributed by atoms with van der Waals surface area (Å²) in [6, 6.07) is 26.6. The van der Waals surface area contributed by atoms with E-state index in [2.05, 4.69) is 144 Å². The van der Waals surface area contributed by atoms with Crippen molar-refractivity contribution in [1.29, 1.82) is 0 Å². The Balaban J connectivity index is 1.47. The normalized spacial score (nSPS) is 11.1. The first-order valence-corrected chi connectivity index (χ1v) is 12.4. The van der Waals surface area contributed by atoms with Crippen LogP contribution in [0.5, 0.6) is 0 Å². The highest BCUT2D eigenvalue weighted by Gasteiger charge is 2.21. The van der Waals surface area contributed by atoms with Gasteiger partial charge >= 0.3 is 0 Å². The standard InChI is InChI=1S/C32H34N4/c1-23-19-29(27-11-15-33(5)16-12-27)20-24(2)35(23)31-7-9-32(10-8-31)36-25(3)21-30(22-26(36)4)28-13-17-34(6)18-14-28/h7-22H,1-6H3/q+4. The summed E-state index contributed by atoms with van der Waals surface area (Å²) in [6.07, 6.45) is 8.36. The monoisotopic (exact) mass is 474 g/mol. The summed E-state index contributed by atoms with van der Waals surface area (Å²) in [6.45, 7) is 8.72. The van der Waals surface area contributed by atoms with Gasteiger partial charge in [-0.25, -0.2) is 9.13 Å². The van der Waals surface area contributed by atoms with E-state index in [0.29, 0.717) is 0 Å². The van der Waals surface area contributed by atoms with E-state index in [-0.39, 0.29) is 0 Å². The van der Waals surface area contributed by atoms with Crippen molar-refractivity contribution < 1.29 is 18.3 Å². The fraction of sp³-hybridized carbons (Fsp3) is 0.188. The molecule has 4 nitrogen and oxygen atoms in total. The van der Waals surface area contributed by atoms with Gasteiger partial charge in [0.1, 0.15) is 14.1 Å². The van der Waals surface area contributed by atoms with Crippen molar-refractivity contribution in [1.82, 2.24) is 0 Å². The van der Waals surface area contributed by atoms with E-state index >= 15 is 0 Å². The van der Waals surface area contributed by atoms with Gasteiger partial charge in [0, 0.05) is 100 Å². The molecule has 0 aliphatic rings. The predicted octanol–water partition coefficient (Wildman–Crippen LogP) is 4.46. The Labute approximate surface area is 214 Å². The van der Waals surface area contributed by atoms with Gasteiger partial charge in [0.25, 0.3) is 0 Å². The molecule has 0 saturated heterocycles. The number of aryl methyl sites for hydroxylation is 6. The lowest BCUT2D eigenvalue weighted by atomic mass is 10.0. The molecule has 178 valence electrons. The van der Waals surface area contributed by atoms with Crippen molar-refractivity contribution in [3.63, 3.8) is 0 Å². The smallest absolute Gasteiger partial charge is 0.208 e. The average molecular weight is 475 g/mol. The van der Waals surface area contributed by atoms with E-state index < -0.39 is 0 Å². The Kier molecular flexibility index (Phi) is 6.19. The summed E-state index contributed by atoms with van der Waals surface area (Å²) in [7, 11) is 4.09. The van der Waals surface area contributed by atoms with Crippen LogP contribution in [0.3, 0.4) is 0 Å². The maximum atomic E-state index is 2.32. The molecule has 0 unspecified atom stereocenters. The molecule has 5 rings (SSSR count). The molecule has 0 N–H and O–H groups in total. The van der Waals surface area contributed by atoms with Crippen LogP contribution in [0, 0.1) is 27.7 Å². The molecule has 5 aromatic rings. The second kappa shape index (κ2) is 9.46. The zero-order valence-electron chi connectivity index (χ0n) is 22.0. The molecule has 0 fully saturated rings. The topological polar surface area (TPSA) is 15.5 Å². The Morgan fingerprint density at radius 2 is 0.667 bits per heavy atom. The highest BCUT2D eigenvalue weighted by Crippen LogP contribution is 2.22. The lowest BCUT2D eigenvalue weighted by molar-refractivity contribution is -0.671. The second-order valence-electron chi connectivity index (χ2n) is 9.75. The molecule has 0 amide bonds. The third-order valence-corrected chi connectivity index (χ3v) is 6.86. The van der Waals surface area contributed by atoms with Crippen LogP contribution in [-0.4, -0.2) is 0 Å². The zero-order chi connectivity index (χ0) is 25.4. The van der Waals surface area contributed by atoms with E-state index in [9.17, 15) is 0 Å². The summed E-state index contributed by atoms with van der Waals surface area (Å²) in [5.74, 6) is 0. The van der Waals surface area contributed by atoms with E-state index in [1.165, 1.54) is 56.4 Å². The lowest BCUT2D eigenvalue weighted by Crippen LogP contribution is -2.39. The summed E-state index contributed by atoms with van der Waals surface area (Å²) in [5.41, 5.74) is 12.2. The van der Waals surface area contributed by atoms with Gasteiger partial charge in [-0.15, -0.1) is 0 Å². The Morgan fingerprint density at radius 1 is 0.389 bits per heavy atom. The molecule has 4 heterocycles. The fourth-order valence-electron chi connectivity index (χ4n) is 5.08. The van der Waals surface area contributed by atoms with Crippen LogP contribution in [0.4, 0.5) is 0 Å². The largest absolute Gasteiger partial charge is 0.211 e. The second-order valence-corrected chi connectivity index (χ2v) is 9.75. The zero-order valence-corrected chi connectivity index (χ0v) is 22.0. The van der Waals surface area contributed by atoms with Crippen LogP contribution in [0.1, 0.15) is 22.8 Å². The van der Waals surface area contributed by atoms with Crippen LogP contribution in [-0.2, 0) is 14.1 Å². The predicted molar refractivity (Wildman–Crippen MR) is 142 cm³/mol. The number of nitrogens with zero attached hydrogens (tertiary/aromatic N) is 4. The van der Waals surface area contributed by atoms with Crippen molar-refractivity contribution in [3.8, 4) is 33.6 Å². The molecular weight excluding hydrogens is 440 g/mol. The molecule has 4 aromatic heterocycles. The van der Waals surface area contributed by atoms with Gasteiger partial charge < -0.3 is 0 Å². The SMILES string of the molecule is Cc1cc(-c2cc[n+](C)cc2)cc(C)[n+]1-c1ccc(-[n+]2c(C)cc(-c3cc[n+](C)cc3)cc2C)cc1. The van der Waals surface area contributed by atoms with Crippen LogP contribution >= 0.6 is 0 Å². The van der Waals surface area contributed by atoms with Gasteiger partial charge in [0.05, 0.1) is 0 Å². The average Bonchev–Trinajstić information content (AvgIpc) is 2.85. The molecule has 0 aliphatic carbocycles. The molecule has 4 heteroatoms. The van der Waals surface area contributed by atoms with Gasteiger partial charge in [-0.3, -0.25) is 0 Å². The first-order valence-electron chi connectivity index (χ1n) is 12.4. The summed E-state index contributed by atoms with van der Waals surface area (Å²) < 4.78 is 8.76. The molecule has 0 aliphatic heterocycles. The van der Waals surface area contributed by atoms with Gasteiger partial charge in [-0.1, -0.05) is 0 Å². The Morgan fingerprint density at radius 3 is 0.944 bits per heavy atom. The van der Waals surface area contributed by atoms with E-state index in [0.717, 1.165) is 0 Å². The molecular formula is C32H34N4+4. The van der Waals surface area contributed by atoms with Crippen LogP contribution in [0.25, 0.3) is 33.6 Å². The quantitative estimate of drug-likeness (QED) is 0.342. The maximum absolute atomic E-state index is 2.32. The lowest BCUT2D eigenvalue weighted by Gasteiger charge is -2.09. The highest BCUT2D eigenvalue weighted by molar-refractivity contribution is 5.63. The minimum Gasteiger partial charge on any atom is -0.208 e. The molecule has 1 aromatic carbocycles. The van der Waals surface area contributed by atoms with Crippen LogP contribution < -0.4 is 18.3 Å². The molecule has 0 bridgehead atoms. The molecule has 0 spiro atoms. The van der Waals surface area contributed by atoms with E-state index in [1.54, 1.807) is 0 Å². The molecule has 0 radical (unpaired) electrons.